The summed E-state index contributed by atoms with van der Waals surface area (Å²) >= 11 is 0. The summed E-state index contributed by atoms with van der Waals surface area (Å²) in [6.45, 7) is 0.369. The molecular weight excluding hydrogens is 238 g/mol. The minimum atomic E-state index is -3.21. The fraction of sp³-hybridized carbons (Fsp3) is 0.273. The second-order valence-corrected chi connectivity index (χ2v) is 5.44. The van der Waals surface area contributed by atoms with E-state index in [1.807, 2.05) is 0 Å². The number of benzene rings is 1. The van der Waals surface area contributed by atoms with Gasteiger partial charge in [-0.15, -0.1) is 0 Å². The molecule has 0 saturated carbocycles. The summed E-state index contributed by atoms with van der Waals surface area (Å²) in [4.78, 5) is 2.94. The lowest BCUT2D eigenvalue weighted by Gasteiger charge is -2.02. The van der Waals surface area contributed by atoms with Crippen molar-refractivity contribution in [1.29, 1.82) is 0 Å². The van der Waals surface area contributed by atoms with Crippen molar-refractivity contribution < 1.29 is 8.42 Å². The van der Waals surface area contributed by atoms with Crippen molar-refractivity contribution in [3.8, 4) is 0 Å². The highest BCUT2D eigenvalue weighted by Crippen LogP contribution is 2.16. The maximum Gasteiger partial charge on any atom is 0.176 e. The predicted molar refractivity (Wildman–Crippen MR) is 67.2 cm³/mol. The van der Waals surface area contributed by atoms with Crippen LogP contribution < -0.4 is 0 Å². The zero-order valence-corrected chi connectivity index (χ0v) is 10.3. The average Bonchev–Trinajstić information content (AvgIpc) is 2.28. The van der Waals surface area contributed by atoms with Crippen LogP contribution in [-0.4, -0.2) is 21.2 Å². The molecule has 6 heteroatoms. The highest BCUT2D eigenvalue weighted by molar-refractivity contribution is 7.90. The molecule has 0 saturated heterocycles. The number of hydrogen-bond donors (Lipinski definition) is 0. The van der Waals surface area contributed by atoms with Crippen LogP contribution in [-0.2, 0) is 9.84 Å². The Morgan fingerprint density at radius 1 is 1.41 bits per heavy atom. The van der Waals surface area contributed by atoms with Crippen molar-refractivity contribution in [2.24, 2.45) is 5.11 Å². The third-order valence-electron chi connectivity index (χ3n) is 2.07. The molecule has 1 rings (SSSR count). The predicted octanol–water partition coefficient (Wildman–Crippen LogP) is 2.80. The molecule has 0 heterocycles. The number of azide groups is 1. The van der Waals surface area contributed by atoms with Gasteiger partial charge in [0.2, 0.25) is 0 Å². The van der Waals surface area contributed by atoms with E-state index < -0.39 is 9.84 Å². The van der Waals surface area contributed by atoms with Gasteiger partial charge >= 0.3 is 0 Å². The molecular formula is C11H13N3O2S. The topological polar surface area (TPSA) is 82.9 Å². The van der Waals surface area contributed by atoms with Crippen LogP contribution in [0.1, 0.15) is 12.0 Å². The van der Waals surface area contributed by atoms with E-state index >= 15 is 0 Å². The molecule has 0 aromatic heterocycles. The van der Waals surface area contributed by atoms with Crippen molar-refractivity contribution in [3.05, 3.63) is 46.3 Å². The fourth-order valence-corrected chi connectivity index (χ4v) is 2.23. The second-order valence-electron chi connectivity index (χ2n) is 3.46. The Labute approximate surface area is 100 Å². The summed E-state index contributed by atoms with van der Waals surface area (Å²) in [5, 5.41) is 3.39. The van der Waals surface area contributed by atoms with Crippen LogP contribution in [0.4, 0.5) is 0 Å². The first-order valence-electron chi connectivity index (χ1n) is 5.02. The first-order chi connectivity index (χ1) is 8.05. The van der Waals surface area contributed by atoms with Gasteiger partial charge < -0.3 is 0 Å². The fourth-order valence-electron chi connectivity index (χ4n) is 1.34. The Hall–Kier alpha value is -1.78. The van der Waals surface area contributed by atoms with Crippen LogP contribution in [0.3, 0.4) is 0 Å². The van der Waals surface area contributed by atoms with Gasteiger partial charge in [-0.3, -0.25) is 0 Å². The van der Waals surface area contributed by atoms with Gasteiger partial charge in [-0.1, -0.05) is 35.5 Å². The van der Waals surface area contributed by atoms with Gasteiger partial charge in [-0.2, -0.15) is 0 Å². The maximum atomic E-state index is 11.5. The minimum absolute atomic E-state index is 0.306. The minimum Gasteiger partial charge on any atom is -0.224 e. The van der Waals surface area contributed by atoms with Gasteiger partial charge in [0, 0.05) is 17.7 Å². The van der Waals surface area contributed by atoms with Crippen LogP contribution >= 0.6 is 0 Å². The first kappa shape index (κ1) is 13.3. The van der Waals surface area contributed by atoms with Crippen LogP contribution in [0.2, 0.25) is 0 Å². The Morgan fingerprint density at radius 3 is 2.76 bits per heavy atom. The second kappa shape index (κ2) is 6.08. The molecule has 0 aliphatic rings. The summed E-state index contributed by atoms with van der Waals surface area (Å²) in [7, 11) is -3.21. The van der Waals surface area contributed by atoms with Crippen LogP contribution in [0.25, 0.3) is 16.5 Å². The monoisotopic (exact) mass is 251 g/mol. The van der Waals surface area contributed by atoms with E-state index in [0.717, 1.165) is 0 Å². The van der Waals surface area contributed by atoms with Crippen molar-refractivity contribution in [1.82, 2.24) is 0 Å². The van der Waals surface area contributed by atoms with Crippen molar-refractivity contribution >= 4 is 15.9 Å². The molecule has 17 heavy (non-hydrogen) atoms. The summed E-state index contributed by atoms with van der Waals surface area (Å²) < 4.78 is 23.0. The summed E-state index contributed by atoms with van der Waals surface area (Å²) in [6, 6.07) is 6.78. The zero-order chi connectivity index (χ0) is 12.7. The van der Waals surface area contributed by atoms with Gasteiger partial charge in [0.1, 0.15) is 0 Å². The van der Waals surface area contributed by atoms with E-state index in [2.05, 4.69) is 10.0 Å². The van der Waals surface area contributed by atoms with E-state index in [4.69, 9.17) is 5.53 Å². The molecule has 0 N–H and O–H groups in total. The Morgan fingerprint density at radius 2 is 2.12 bits per heavy atom. The zero-order valence-electron chi connectivity index (χ0n) is 9.44. The van der Waals surface area contributed by atoms with E-state index in [-0.39, 0.29) is 0 Å². The van der Waals surface area contributed by atoms with E-state index in [0.29, 0.717) is 23.4 Å². The van der Waals surface area contributed by atoms with E-state index in [9.17, 15) is 8.42 Å². The number of sulfone groups is 1. The largest absolute Gasteiger partial charge is 0.224 e. The molecule has 0 amide bonds. The van der Waals surface area contributed by atoms with Gasteiger partial charge in [-0.05, 0) is 23.6 Å². The molecule has 1 aromatic rings. The Balaban J connectivity index is 2.88. The standard InChI is InChI=1S/C11H13N3O2S/c1-17(15,16)11-8-3-2-6-10(11)7-4-5-9-13-14-12/h2-4,6-8H,5,9H2,1H3. The molecule has 0 unspecified atom stereocenters. The van der Waals surface area contributed by atoms with Gasteiger partial charge in [0.05, 0.1) is 4.90 Å². The number of nitrogens with zero attached hydrogens (tertiary/aromatic N) is 3. The molecule has 0 atom stereocenters. The quantitative estimate of drug-likeness (QED) is 0.349. The molecule has 90 valence electrons. The summed E-state index contributed by atoms with van der Waals surface area (Å²) in [6.07, 6.45) is 5.28. The van der Waals surface area contributed by atoms with Crippen LogP contribution in [0.5, 0.6) is 0 Å². The van der Waals surface area contributed by atoms with Crippen molar-refractivity contribution in [2.45, 2.75) is 11.3 Å². The van der Waals surface area contributed by atoms with E-state index in [1.165, 1.54) is 6.26 Å². The first-order valence-corrected chi connectivity index (χ1v) is 6.91. The highest BCUT2D eigenvalue weighted by atomic mass is 32.2. The van der Waals surface area contributed by atoms with Gasteiger partial charge in [0.25, 0.3) is 0 Å². The van der Waals surface area contributed by atoms with Gasteiger partial charge in [-0.25, -0.2) is 8.42 Å². The van der Waals surface area contributed by atoms with Crippen LogP contribution in [0.15, 0.2) is 40.4 Å². The lowest BCUT2D eigenvalue weighted by Crippen LogP contribution is -1.99. The van der Waals surface area contributed by atoms with Crippen molar-refractivity contribution in [3.63, 3.8) is 0 Å². The molecule has 1 aromatic carbocycles. The normalized spacial score (nSPS) is 11.4. The lowest BCUT2D eigenvalue weighted by atomic mass is 10.2. The SMILES string of the molecule is CS(=O)(=O)c1ccccc1C=CCCN=[N+]=[N-]. The number of rotatable bonds is 5. The number of hydrogen-bond acceptors (Lipinski definition) is 3. The molecule has 0 spiro atoms. The van der Waals surface area contributed by atoms with Crippen LogP contribution in [0, 0.1) is 0 Å². The summed E-state index contributed by atoms with van der Waals surface area (Å²) in [5.74, 6) is 0. The van der Waals surface area contributed by atoms with Gasteiger partial charge in [0.15, 0.2) is 9.84 Å². The highest BCUT2D eigenvalue weighted by Gasteiger charge is 2.09. The third kappa shape index (κ3) is 4.30. The van der Waals surface area contributed by atoms with Crippen molar-refractivity contribution in [2.75, 3.05) is 12.8 Å². The average molecular weight is 251 g/mol. The molecule has 0 radical (unpaired) electrons. The lowest BCUT2D eigenvalue weighted by molar-refractivity contribution is 0.601. The molecule has 0 aliphatic carbocycles. The molecule has 0 bridgehead atoms. The third-order valence-corrected chi connectivity index (χ3v) is 3.25. The summed E-state index contributed by atoms with van der Waals surface area (Å²) in [5.41, 5.74) is 8.74. The Kier molecular flexibility index (Phi) is 4.75. The molecule has 5 nitrogen and oxygen atoms in total. The van der Waals surface area contributed by atoms with E-state index in [1.54, 1.807) is 36.4 Å². The molecule has 0 aliphatic heterocycles. The maximum absolute atomic E-state index is 11.5. The smallest absolute Gasteiger partial charge is 0.176 e. The Bertz CT molecular complexity index is 558. The molecule has 0 fully saturated rings.